The van der Waals surface area contributed by atoms with Gasteiger partial charge in [-0.05, 0) is 25.8 Å². The Labute approximate surface area is 89.1 Å². The molecule has 1 heterocycles. The van der Waals surface area contributed by atoms with Crippen LogP contribution in [0.25, 0.3) is 0 Å². The van der Waals surface area contributed by atoms with E-state index in [4.69, 9.17) is 14.9 Å². The van der Waals surface area contributed by atoms with Crippen molar-refractivity contribution in [2.45, 2.75) is 25.3 Å². The maximum absolute atomic E-state index is 10.5. The van der Waals surface area contributed by atoms with Crippen LogP contribution in [0.2, 0.25) is 0 Å². The van der Waals surface area contributed by atoms with Gasteiger partial charge >= 0.3 is 7.82 Å². The van der Waals surface area contributed by atoms with E-state index >= 15 is 0 Å². The highest BCUT2D eigenvalue weighted by atomic mass is 31.2. The van der Waals surface area contributed by atoms with Crippen molar-refractivity contribution in [3.05, 3.63) is 0 Å². The van der Waals surface area contributed by atoms with Gasteiger partial charge in [-0.3, -0.25) is 9.42 Å². The third kappa shape index (κ3) is 5.06. The standard InChI is InChI=1S/C8H18NO5P/c10-6-2-5-9-4-1-3-8(9)7-14-15(11,12)13/h8,10H,1-7H2,(H2,11,12,13). The number of nitrogens with zero attached hydrogens (tertiary/aromatic N) is 1. The molecule has 0 spiro atoms. The van der Waals surface area contributed by atoms with E-state index in [0.29, 0.717) is 6.42 Å². The maximum Gasteiger partial charge on any atom is 0.469 e. The van der Waals surface area contributed by atoms with Gasteiger partial charge in [0.15, 0.2) is 0 Å². The van der Waals surface area contributed by atoms with Crippen LogP contribution in [0, 0.1) is 0 Å². The van der Waals surface area contributed by atoms with Gasteiger partial charge in [0.1, 0.15) is 0 Å². The SMILES string of the molecule is O=P(O)(O)OCC1CCCN1CCCO. The molecule has 1 aliphatic heterocycles. The lowest BCUT2D eigenvalue weighted by atomic mass is 10.2. The quantitative estimate of drug-likeness (QED) is 0.563. The first-order valence-electron chi connectivity index (χ1n) is 5.08. The van der Waals surface area contributed by atoms with Crippen molar-refractivity contribution in [3.63, 3.8) is 0 Å². The van der Waals surface area contributed by atoms with Crippen LogP contribution in [-0.2, 0) is 9.09 Å². The first kappa shape index (κ1) is 13.1. The Morgan fingerprint density at radius 1 is 1.47 bits per heavy atom. The minimum atomic E-state index is -4.35. The average molecular weight is 239 g/mol. The Kier molecular flexibility index (Phi) is 5.18. The van der Waals surface area contributed by atoms with Crippen LogP contribution in [0.4, 0.5) is 0 Å². The lowest BCUT2D eigenvalue weighted by molar-refractivity contribution is 0.128. The second-order valence-corrected chi connectivity index (χ2v) is 4.93. The third-order valence-electron chi connectivity index (χ3n) is 2.54. The van der Waals surface area contributed by atoms with Crippen molar-refractivity contribution in [1.29, 1.82) is 0 Å². The molecular weight excluding hydrogens is 221 g/mol. The highest BCUT2D eigenvalue weighted by Gasteiger charge is 2.26. The summed E-state index contributed by atoms with van der Waals surface area (Å²) >= 11 is 0. The molecule has 0 radical (unpaired) electrons. The van der Waals surface area contributed by atoms with Crippen LogP contribution in [-0.4, -0.2) is 52.1 Å². The third-order valence-corrected chi connectivity index (χ3v) is 3.02. The molecule has 3 N–H and O–H groups in total. The molecule has 1 aliphatic rings. The average Bonchev–Trinajstić information content (AvgIpc) is 2.57. The lowest BCUT2D eigenvalue weighted by Gasteiger charge is -2.23. The van der Waals surface area contributed by atoms with E-state index in [1.54, 1.807) is 0 Å². The van der Waals surface area contributed by atoms with Gasteiger partial charge < -0.3 is 14.9 Å². The smallest absolute Gasteiger partial charge is 0.396 e. The van der Waals surface area contributed by atoms with Crippen molar-refractivity contribution in [1.82, 2.24) is 4.90 Å². The van der Waals surface area contributed by atoms with Crippen molar-refractivity contribution < 1.29 is 24.0 Å². The van der Waals surface area contributed by atoms with Gasteiger partial charge in [-0.25, -0.2) is 4.57 Å². The van der Waals surface area contributed by atoms with Gasteiger partial charge in [0, 0.05) is 19.2 Å². The molecule has 1 rings (SSSR count). The van der Waals surface area contributed by atoms with Crippen LogP contribution in [0.5, 0.6) is 0 Å². The second kappa shape index (κ2) is 5.94. The minimum absolute atomic E-state index is 0.0652. The topological polar surface area (TPSA) is 90.2 Å². The number of rotatable bonds is 6. The fourth-order valence-corrected chi connectivity index (χ4v) is 2.20. The summed E-state index contributed by atoms with van der Waals surface area (Å²) in [7, 11) is -4.35. The summed E-state index contributed by atoms with van der Waals surface area (Å²) in [5.74, 6) is 0. The van der Waals surface area contributed by atoms with E-state index in [-0.39, 0.29) is 19.3 Å². The monoisotopic (exact) mass is 239 g/mol. The van der Waals surface area contributed by atoms with Crippen LogP contribution in [0.15, 0.2) is 0 Å². The van der Waals surface area contributed by atoms with Crippen molar-refractivity contribution in [2.75, 3.05) is 26.3 Å². The highest BCUT2D eigenvalue weighted by Crippen LogP contribution is 2.36. The zero-order valence-corrected chi connectivity index (χ0v) is 9.47. The molecule has 7 heteroatoms. The van der Waals surface area contributed by atoms with Crippen LogP contribution in [0.3, 0.4) is 0 Å². The number of likely N-dealkylation sites (tertiary alicyclic amines) is 1. The molecule has 1 fully saturated rings. The molecule has 0 aromatic carbocycles. The van der Waals surface area contributed by atoms with Crippen molar-refractivity contribution in [2.24, 2.45) is 0 Å². The molecule has 15 heavy (non-hydrogen) atoms. The van der Waals surface area contributed by atoms with Crippen LogP contribution < -0.4 is 0 Å². The molecule has 0 aromatic heterocycles. The molecule has 1 saturated heterocycles. The van der Waals surface area contributed by atoms with E-state index < -0.39 is 7.82 Å². The van der Waals surface area contributed by atoms with Crippen LogP contribution in [0.1, 0.15) is 19.3 Å². The molecule has 0 bridgehead atoms. The number of phosphoric acid groups is 1. The normalized spacial score (nSPS) is 23.5. The van der Waals surface area contributed by atoms with Gasteiger partial charge in [-0.1, -0.05) is 0 Å². The van der Waals surface area contributed by atoms with E-state index in [1.165, 1.54) is 0 Å². The summed E-state index contributed by atoms with van der Waals surface area (Å²) in [4.78, 5) is 19.2. The molecule has 90 valence electrons. The van der Waals surface area contributed by atoms with Gasteiger partial charge in [-0.15, -0.1) is 0 Å². The predicted molar refractivity (Wildman–Crippen MR) is 54.3 cm³/mol. The molecular formula is C8H18NO5P. The first-order chi connectivity index (χ1) is 7.03. The molecule has 1 unspecified atom stereocenters. The summed E-state index contributed by atoms with van der Waals surface area (Å²) in [5.41, 5.74) is 0. The summed E-state index contributed by atoms with van der Waals surface area (Å²) in [6.45, 7) is 1.87. The Morgan fingerprint density at radius 3 is 2.80 bits per heavy atom. The number of hydrogen-bond donors (Lipinski definition) is 3. The number of aliphatic hydroxyl groups excluding tert-OH is 1. The molecule has 1 atom stereocenters. The number of hydrogen-bond acceptors (Lipinski definition) is 4. The van der Waals surface area contributed by atoms with E-state index in [1.807, 2.05) is 0 Å². The first-order valence-corrected chi connectivity index (χ1v) is 6.61. The lowest BCUT2D eigenvalue weighted by Crippen LogP contribution is -2.34. The Morgan fingerprint density at radius 2 is 2.20 bits per heavy atom. The van der Waals surface area contributed by atoms with Gasteiger partial charge in [-0.2, -0.15) is 0 Å². The van der Waals surface area contributed by atoms with Gasteiger partial charge in [0.05, 0.1) is 6.61 Å². The Hall–Kier alpha value is 0.0300. The Bertz CT molecular complexity index is 231. The summed E-state index contributed by atoms with van der Waals surface area (Å²) in [6, 6.07) is 0.0733. The summed E-state index contributed by atoms with van der Waals surface area (Å²) < 4.78 is 15.0. The van der Waals surface area contributed by atoms with Crippen molar-refractivity contribution >= 4 is 7.82 Å². The number of phosphoric ester groups is 1. The highest BCUT2D eigenvalue weighted by molar-refractivity contribution is 7.46. The summed E-state index contributed by atoms with van der Waals surface area (Å²) in [6.07, 6.45) is 2.60. The van der Waals surface area contributed by atoms with Gasteiger partial charge in [0.25, 0.3) is 0 Å². The van der Waals surface area contributed by atoms with Crippen LogP contribution >= 0.6 is 7.82 Å². The minimum Gasteiger partial charge on any atom is -0.396 e. The maximum atomic E-state index is 10.5. The Balaban J connectivity index is 2.30. The molecule has 0 amide bonds. The molecule has 0 saturated carbocycles. The zero-order chi connectivity index (χ0) is 11.3. The second-order valence-electron chi connectivity index (χ2n) is 3.70. The number of aliphatic hydroxyl groups is 1. The zero-order valence-electron chi connectivity index (χ0n) is 8.58. The van der Waals surface area contributed by atoms with E-state index in [0.717, 1.165) is 25.9 Å². The van der Waals surface area contributed by atoms with Crippen molar-refractivity contribution in [3.8, 4) is 0 Å². The van der Waals surface area contributed by atoms with Gasteiger partial charge in [0.2, 0.25) is 0 Å². The predicted octanol–water partition coefficient (Wildman–Crippen LogP) is -0.0575. The van der Waals surface area contributed by atoms with E-state index in [2.05, 4.69) is 9.42 Å². The largest absolute Gasteiger partial charge is 0.469 e. The van der Waals surface area contributed by atoms with E-state index in [9.17, 15) is 4.57 Å². The molecule has 0 aliphatic carbocycles. The summed E-state index contributed by atoms with van der Waals surface area (Å²) in [5, 5.41) is 8.69. The molecule has 6 nitrogen and oxygen atoms in total. The molecule has 0 aromatic rings. The fourth-order valence-electron chi connectivity index (χ4n) is 1.84. The fraction of sp³-hybridized carbons (Fsp3) is 1.00.